The Morgan fingerprint density at radius 3 is 2.12 bits per heavy atom. The zero-order valence-corrected chi connectivity index (χ0v) is 17.3. The number of benzene rings is 3. The number of nitro benzene ring substituents is 1. The van der Waals surface area contributed by atoms with Crippen LogP contribution < -0.4 is 9.64 Å². The average Bonchev–Trinajstić information content (AvgIpc) is 3.09. The number of anilines is 1. The summed E-state index contributed by atoms with van der Waals surface area (Å²) in [6, 6.07) is 16.4. The van der Waals surface area contributed by atoms with E-state index in [0.29, 0.717) is 17.0 Å². The van der Waals surface area contributed by atoms with E-state index in [9.17, 15) is 29.9 Å². The number of aliphatic hydroxyl groups is 1. The highest BCUT2D eigenvalue weighted by Crippen LogP contribution is 2.42. The predicted molar refractivity (Wildman–Crippen MR) is 119 cm³/mol. The number of nitrogens with zero attached hydrogens (tertiary/aromatic N) is 2. The van der Waals surface area contributed by atoms with E-state index in [4.69, 9.17) is 4.74 Å². The van der Waals surface area contributed by atoms with Crippen molar-refractivity contribution in [2.24, 2.45) is 0 Å². The van der Waals surface area contributed by atoms with Crippen LogP contribution in [-0.2, 0) is 9.59 Å². The molecule has 3 aromatic carbocycles. The summed E-state index contributed by atoms with van der Waals surface area (Å²) in [5, 5.41) is 31.6. The van der Waals surface area contributed by atoms with Crippen molar-refractivity contribution in [1.82, 2.24) is 0 Å². The molecule has 0 bridgehead atoms. The maximum absolute atomic E-state index is 13.1. The topological polar surface area (TPSA) is 130 Å². The molecular weight excluding hydrogens is 428 g/mol. The number of Topliss-reactive ketones (excluding diaryl/α,β-unsaturated/α-hetero) is 1. The number of aliphatic hydroxyl groups excluding tert-OH is 1. The Labute approximate surface area is 187 Å². The van der Waals surface area contributed by atoms with Gasteiger partial charge in [0.1, 0.15) is 17.3 Å². The molecule has 1 fully saturated rings. The second-order valence-corrected chi connectivity index (χ2v) is 7.26. The SMILES string of the molecule is COc1ccc(N2C(=O)C(=O)/C(=C(\O)c3ccc([N+](=O)[O-])cc3)C2c2ccc(O)cc2)cc1. The van der Waals surface area contributed by atoms with Crippen molar-refractivity contribution in [3.8, 4) is 11.5 Å². The van der Waals surface area contributed by atoms with Gasteiger partial charge in [-0.25, -0.2) is 0 Å². The van der Waals surface area contributed by atoms with Crippen molar-refractivity contribution < 1.29 is 29.5 Å². The Bertz CT molecular complexity index is 1260. The van der Waals surface area contributed by atoms with Crippen LogP contribution in [0.5, 0.6) is 11.5 Å². The molecule has 166 valence electrons. The van der Waals surface area contributed by atoms with Gasteiger partial charge in [0.15, 0.2) is 0 Å². The van der Waals surface area contributed by atoms with Crippen LogP contribution in [0, 0.1) is 10.1 Å². The number of ether oxygens (including phenoxy) is 1. The summed E-state index contributed by atoms with van der Waals surface area (Å²) in [6.45, 7) is 0. The van der Waals surface area contributed by atoms with Gasteiger partial charge in [-0.05, 0) is 54.1 Å². The zero-order chi connectivity index (χ0) is 23.7. The molecule has 9 nitrogen and oxygen atoms in total. The van der Waals surface area contributed by atoms with E-state index >= 15 is 0 Å². The van der Waals surface area contributed by atoms with E-state index < -0.39 is 28.4 Å². The van der Waals surface area contributed by atoms with E-state index in [0.717, 1.165) is 0 Å². The van der Waals surface area contributed by atoms with E-state index in [1.807, 2.05) is 0 Å². The number of ketones is 1. The molecule has 1 atom stereocenters. The molecule has 1 unspecified atom stereocenters. The summed E-state index contributed by atoms with van der Waals surface area (Å²) in [5.74, 6) is -1.66. The van der Waals surface area contributed by atoms with Gasteiger partial charge in [0.25, 0.3) is 17.4 Å². The van der Waals surface area contributed by atoms with Gasteiger partial charge in [-0.3, -0.25) is 24.6 Å². The quantitative estimate of drug-likeness (QED) is 0.200. The molecule has 3 aromatic rings. The number of methoxy groups -OCH3 is 1. The van der Waals surface area contributed by atoms with Crippen LogP contribution in [0.25, 0.3) is 5.76 Å². The molecule has 1 aliphatic heterocycles. The first-order valence-electron chi connectivity index (χ1n) is 9.80. The second kappa shape index (κ2) is 8.46. The molecule has 1 saturated heterocycles. The number of hydrogen-bond donors (Lipinski definition) is 2. The average molecular weight is 446 g/mol. The molecule has 0 aliphatic carbocycles. The van der Waals surface area contributed by atoms with Crippen molar-refractivity contribution in [2.75, 3.05) is 12.0 Å². The van der Waals surface area contributed by atoms with Crippen molar-refractivity contribution >= 4 is 28.8 Å². The van der Waals surface area contributed by atoms with Gasteiger partial charge in [0.05, 0.1) is 23.6 Å². The van der Waals surface area contributed by atoms with Gasteiger partial charge in [-0.15, -0.1) is 0 Å². The number of carbonyl (C=O) groups excluding carboxylic acids is 2. The number of nitro groups is 1. The highest BCUT2D eigenvalue weighted by molar-refractivity contribution is 6.51. The van der Waals surface area contributed by atoms with Crippen molar-refractivity contribution in [3.63, 3.8) is 0 Å². The summed E-state index contributed by atoms with van der Waals surface area (Å²) in [6.07, 6.45) is 0. The lowest BCUT2D eigenvalue weighted by Crippen LogP contribution is -2.29. The molecule has 2 N–H and O–H groups in total. The Morgan fingerprint density at radius 2 is 1.58 bits per heavy atom. The second-order valence-electron chi connectivity index (χ2n) is 7.26. The number of aromatic hydroxyl groups is 1. The standard InChI is InChI=1S/C24H18N2O7/c1-33-19-12-8-16(9-13-19)25-21(14-4-10-18(27)11-5-14)20(23(29)24(25)30)22(28)15-2-6-17(7-3-15)26(31)32/h2-13,21,27-28H,1H3/b22-20-. The predicted octanol–water partition coefficient (Wildman–Crippen LogP) is 3.94. The third-order valence-corrected chi connectivity index (χ3v) is 5.36. The number of rotatable bonds is 5. The minimum Gasteiger partial charge on any atom is -0.508 e. The number of hydrogen-bond acceptors (Lipinski definition) is 7. The summed E-state index contributed by atoms with van der Waals surface area (Å²) in [5.41, 5.74) is 0.679. The van der Waals surface area contributed by atoms with Crippen LogP contribution in [0.1, 0.15) is 17.2 Å². The van der Waals surface area contributed by atoms with Gasteiger partial charge < -0.3 is 14.9 Å². The molecule has 1 amide bonds. The minimum atomic E-state index is -0.991. The lowest BCUT2D eigenvalue weighted by atomic mass is 9.95. The summed E-state index contributed by atoms with van der Waals surface area (Å²) >= 11 is 0. The number of amides is 1. The van der Waals surface area contributed by atoms with Crippen LogP contribution in [0.4, 0.5) is 11.4 Å². The van der Waals surface area contributed by atoms with Crippen LogP contribution in [0.15, 0.2) is 78.4 Å². The molecule has 0 aromatic heterocycles. The zero-order valence-electron chi connectivity index (χ0n) is 17.3. The molecule has 1 heterocycles. The monoisotopic (exact) mass is 446 g/mol. The van der Waals surface area contributed by atoms with E-state index in [-0.39, 0.29) is 22.6 Å². The van der Waals surface area contributed by atoms with Crippen molar-refractivity contribution in [3.05, 3.63) is 99.6 Å². The molecule has 1 aliphatic rings. The van der Waals surface area contributed by atoms with Crippen LogP contribution in [0.2, 0.25) is 0 Å². The third-order valence-electron chi connectivity index (χ3n) is 5.36. The van der Waals surface area contributed by atoms with Gasteiger partial charge in [0, 0.05) is 23.4 Å². The van der Waals surface area contributed by atoms with Gasteiger partial charge in [-0.1, -0.05) is 12.1 Å². The van der Waals surface area contributed by atoms with Crippen LogP contribution in [0.3, 0.4) is 0 Å². The highest BCUT2D eigenvalue weighted by atomic mass is 16.6. The van der Waals surface area contributed by atoms with Gasteiger partial charge in [0.2, 0.25) is 0 Å². The van der Waals surface area contributed by atoms with Crippen molar-refractivity contribution in [2.45, 2.75) is 6.04 Å². The number of carbonyl (C=O) groups is 2. The van der Waals surface area contributed by atoms with Gasteiger partial charge >= 0.3 is 0 Å². The first kappa shape index (κ1) is 21.6. The minimum absolute atomic E-state index is 0.00415. The summed E-state index contributed by atoms with van der Waals surface area (Å²) < 4.78 is 5.15. The van der Waals surface area contributed by atoms with E-state index in [2.05, 4.69) is 0 Å². The molecule has 33 heavy (non-hydrogen) atoms. The first-order valence-corrected chi connectivity index (χ1v) is 9.80. The number of phenols is 1. The Kier molecular flexibility index (Phi) is 5.53. The maximum atomic E-state index is 13.1. The Balaban J connectivity index is 1.89. The van der Waals surface area contributed by atoms with E-state index in [1.54, 1.807) is 36.4 Å². The molecule has 0 radical (unpaired) electrons. The Morgan fingerprint density at radius 1 is 0.970 bits per heavy atom. The summed E-state index contributed by atoms with van der Waals surface area (Å²) in [4.78, 5) is 37.7. The fourth-order valence-corrected chi connectivity index (χ4v) is 3.71. The van der Waals surface area contributed by atoms with Crippen LogP contribution >= 0.6 is 0 Å². The molecule has 4 rings (SSSR count). The highest BCUT2D eigenvalue weighted by Gasteiger charge is 2.47. The van der Waals surface area contributed by atoms with Crippen molar-refractivity contribution in [1.29, 1.82) is 0 Å². The third kappa shape index (κ3) is 3.87. The normalized spacial score (nSPS) is 17.2. The molecule has 0 spiro atoms. The Hall–Kier alpha value is -4.66. The lowest BCUT2D eigenvalue weighted by Gasteiger charge is -2.25. The fourth-order valence-electron chi connectivity index (χ4n) is 3.71. The molecule has 9 heteroatoms. The molecular formula is C24H18N2O7. The number of non-ortho nitro benzene ring substituents is 1. The lowest BCUT2D eigenvalue weighted by molar-refractivity contribution is -0.384. The first-order chi connectivity index (χ1) is 15.8. The van der Waals surface area contributed by atoms with E-state index in [1.165, 1.54) is 48.4 Å². The smallest absolute Gasteiger partial charge is 0.300 e. The summed E-state index contributed by atoms with van der Waals surface area (Å²) in [7, 11) is 1.50. The maximum Gasteiger partial charge on any atom is 0.300 e. The van der Waals surface area contributed by atoms with Gasteiger partial charge in [-0.2, -0.15) is 0 Å². The number of phenolic OH excluding ortho intramolecular Hbond substituents is 1. The fraction of sp³-hybridized carbons (Fsp3) is 0.0833. The largest absolute Gasteiger partial charge is 0.508 e. The van der Waals surface area contributed by atoms with Crippen LogP contribution in [-0.4, -0.2) is 33.9 Å². The molecule has 0 saturated carbocycles.